The zero-order chi connectivity index (χ0) is 10.6. The van der Waals surface area contributed by atoms with E-state index in [0.29, 0.717) is 18.9 Å². The number of aryl methyl sites for hydroxylation is 1. The molecule has 0 aromatic carbocycles. The number of ether oxygens (including phenoxy) is 1. The highest BCUT2D eigenvalue weighted by Gasteiger charge is 2.01. The highest BCUT2D eigenvalue weighted by molar-refractivity contribution is 9.10. The maximum atomic E-state index is 9.02. The fourth-order valence-electron chi connectivity index (χ4n) is 0.935. The first kappa shape index (κ1) is 11.5. The minimum absolute atomic E-state index is 0.327. The molecule has 1 aromatic heterocycles. The molecular weight excluding hydrogens is 246 g/mol. The van der Waals surface area contributed by atoms with Gasteiger partial charge in [-0.2, -0.15) is 0 Å². The summed E-state index contributed by atoms with van der Waals surface area (Å²) in [6.45, 7) is 4.14. The molecule has 0 aliphatic carbocycles. The first-order valence-corrected chi connectivity index (χ1v) is 5.33. The maximum Gasteiger partial charge on any atom is 0.213 e. The van der Waals surface area contributed by atoms with E-state index in [2.05, 4.69) is 20.9 Å². The molecule has 0 aliphatic rings. The Morgan fingerprint density at radius 1 is 1.57 bits per heavy atom. The van der Waals surface area contributed by atoms with Gasteiger partial charge in [0.1, 0.15) is 0 Å². The van der Waals surface area contributed by atoms with Crippen molar-refractivity contribution in [2.24, 2.45) is 0 Å². The van der Waals surface area contributed by atoms with Crippen molar-refractivity contribution in [3.63, 3.8) is 0 Å². The lowest BCUT2D eigenvalue weighted by atomic mass is 10.3. The minimum Gasteiger partial charge on any atom is -0.478 e. The van der Waals surface area contributed by atoms with Gasteiger partial charge in [0.2, 0.25) is 5.88 Å². The average Bonchev–Trinajstić information content (AvgIpc) is 2.10. The molecule has 1 atom stereocenters. The van der Waals surface area contributed by atoms with Crippen molar-refractivity contribution >= 4 is 15.9 Å². The Labute approximate surface area is 92.3 Å². The van der Waals surface area contributed by atoms with E-state index >= 15 is 0 Å². The predicted molar refractivity (Wildman–Crippen MR) is 58.5 cm³/mol. The van der Waals surface area contributed by atoms with Gasteiger partial charge >= 0.3 is 0 Å². The zero-order valence-corrected chi connectivity index (χ0v) is 9.91. The molecule has 0 fully saturated rings. The van der Waals surface area contributed by atoms with Gasteiger partial charge in [0, 0.05) is 17.0 Å². The molecule has 0 amide bonds. The van der Waals surface area contributed by atoms with E-state index in [1.165, 1.54) is 0 Å². The Morgan fingerprint density at radius 2 is 2.29 bits per heavy atom. The van der Waals surface area contributed by atoms with Crippen molar-refractivity contribution in [1.82, 2.24) is 4.98 Å². The Morgan fingerprint density at radius 3 is 2.86 bits per heavy atom. The first-order chi connectivity index (χ1) is 6.59. The summed E-state index contributed by atoms with van der Waals surface area (Å²) in [5.74, 6) is 0.603. The molecule has 14 heavy (non-hydrogen) atoms. The molecule has 0 saturated heterocycles. The lowest BCUT2D eigenvalue weighted by Crippen LogP contribution is -2.08. The van der Waals surface area contributed by atoms with Crippen LogP contribution in [0.5, 0.6) is 5.88 Å². The highest BCUT2D eigenvalue weighted by atomic mass is 79.9. The van der Waals surface area contributed by atoms with Gasteiger partial charge in [-0.25, -0.2) is 4.98 Å². The molecule has 0 aliphatic heterocycles. The number of nitrogens with zero attached hydrogens (tertiary/aromatic N) is 1. The summed E-state index contributed by atoms with van der Waals surface area (Å²) in [6.07, 6.45) is 0.295. The van der Waals surface area contributed by atoms with Crippen LogP contribution in [0.2, 0.25) is 0 Å². The summed E-state index contributed by atoms with van der Waals surface area (Å²) < 4.78 is 6.33. The van der Waals surface area contributed by atoms with Gasteiger partial charge in [0.15, 0.2) is 0 Å². The van der Waals surface area contributed by atoms with Crippen molar-refractivity contribution in [3.8, 4) is 5.88 Å². The molecule has 1 aromatic rings. The van der Waals surface area contributed by atoms with E-state index in [1.54, 1.807) is 13.0 Å². The molecule has 1 rings (SSSR count). The lowest BCUT2D eigenvalue weighted by Gasteiger charge is -2.07. The van der Waals surface area contributed by atoms with Crippen LogP contribution < -0.4 is 4.74 Å². The SMILES string of the molecule is Cc1nc(OCC[C@H](C)O)ccc1Br. The van der Waals surface area contributed by atoms with Gasteiger partial charge in [0.05, 0.1) is 18.4 Å². The van der Waals surface area contributed by atoms with Crippen molar-refractivity contribution in [1.29, 1.82) is 0 Å². The van der Waals surface area contributed by atoms with Gasteiger partial charge in [-0.15, -0.1) is 0 Å². The Kier molecular flexibility index (Phi) is 4.35. The number of aromatic nitrogens is 1. The van der Waals surface area contributed by atoms with Crippen molar-refractivity contribution in [2.75, 3.05) is 6.61 Å². The van der Waals surface area contributed by atoms with Crippen LogP contribution >= 0.6 is 15.9 Å². The highest BCUT2D eigenvalue weighted by Crippen LogP contribution is 2.17. The van der Waals surface area contributed by atoms with Crippen LogP contribution in [-0.2, 0) is 0 Å². The van der Waals surface area contributed by atoms with Crippen LogP contribution in [0.1, 0.15) is 19.0 Å². The van der Waals surface area contributed by atoms with E-state index in [9.17, 15) is 0 Å². The minimum atomic E-state index is -0.327. The summed E-state index contributed by atoms with van der Waals surface area (Å²) in [7, 11) is 0. The second-order valence-corrected chi connectivity index (χ2v) is 4.06. The standard InChI is InChI=1S/C10H14BrNO2/c1-7(13)5-6-14-10-4-3-9(11)8(2)12-10/h3-4,7,13H,5-6H2,1-2H3/t7-/m0/s1. The average molecular weight is 260 g/mol. The van der Waals surface area contributed by atoms with Crippen LogP contribution in [0.4, 0.5) is 0 Å². The van der Waals surface area contributed by atoms with E-state index in [-0.39, 0.29) is 6.10 Å². The molecule has 0 spiro atoms. The van der Waals surface area contributed by atoms with E-state index in [4.69, 9.17) is 9.84 Å². The quantitative estimate of drug-likeness (QED) is 0.903. The summed E-state index contributed by atoms with van der Waals surface area (Å²) >= 11 is 3.36. The van der Waals surface area contributed by atoms with Gasteiger partial charge in [-0.1, -0.05) is 0 Å². The summed E-state index contributed by atoms with van der Waals surface area (Å²) in [5.41, 5.74) is 0.902. The largest absolute Gasteiger partial charge is 0.478 e. The second-order valence-electron chi connectivity index (χ2n) is 3.20. The van der Waals surface area contributed by atoms with Crippen molar-refractivity contribution < 1.29 is 9.84 Å². The predicted octanol–water partition coefficient (Wildman–Crippen LogP) is 2.30. The topological polar surface area (TPSA) is 42.4 Å². The molecule has 0 radical (unpaired) electrons. The second kappa shape index (κ2) is 5.32. The summed E-state index contributed by atoms with van der Waals surface area (Å²) in [4.78, 5) is 4.22. The molecule has 1 N–H and O–H groups in total. The summed E-state index contributed by atoms with van der Waals surface area (Å²) in [5, 5.41) is 9.02. The van der Waals surface area contributed by atoms with Gasteiger partial charge in [0.25, 0.3) is 0 Å². The van der Waals surface area contributed by atoms with Gasteiger partial charge in [-0.05, 0) is 35.8 Å². The maximum absolute atomic E-state index is 9.02. The number of halogens is 1. The van der Waals surface area contributed by atoms with E-state index in [0.717, 1.165) is 10.2 Å². The fourth-order valence-corrected chi connectivity index (χ4v) is 1.16. The van der Waals surface area contributed by atoms with E-state index < -0.39 is 0 Å². The Hall–Kier alpha value is -0.610. The van der Waals surface area contributed by atoms with Crippen LogP contribution in [0.25, 0.3) is 0 Å². The molecule has 78 valence electrons. The fraction of sp³-hybridized carbons (Fsp3) is 0.500. The number of hydrogen-bond donors (Lipinski definition) is 1. The van der Waals surface area contributed by atoms with Crippen LogP contribution in [0.3, 0.4) is 0 Å². The van der Waals surface area contributed by atoms with Crippen molar-refractivity contribution in [2.45, 2.75) is 26.4 Å². The molecule has 0 saturated carbocycles. The molecule has 0 bridgehead atoms. The molecule has 3 nitrogen and oxygen atoms in total. The molecule has 4 heteroatoms. The number of hydrogen-bond acceptors (Lipinski definition) is 3. The normalized spacial score (nSPS) is 12.6. The third kappa shape index (κ3) is 3.64. The zero-order valence-electron chi connectivity index (χ0n) is 8.33. The van der Waals surface area contributed by atoms with Gasteiger partial charge < -0.3 is 9.84 Å². The summed E-state index contributed by atoms with van der Waals surface area (Å²) in [6, 6.07) is 3.71. The van der Waals surface area contributed by atoms with Crippen molar-refractivity contribution in [3.05, 3.63) is 22.3 Å². The lowest BCUT2D eigenvalue weighted by molar-refractivity contribution is 0.154. The number of aliphatic hydroxyl groups is 1. The van der Waals surface area contributed by atoms with Crippen LogP contribution in [0.15, 0.2) is 16.6 Å². The monoisotopic (exact) mass is 259 g/mol. The number of pyridine rings is 1. The Balaban J connectivity index is 2.47. The Bertz CT molecular complexity index is 302. The first-order valence-electron chi connectivity index (χ1n) is 4.53. The molecule has 0 unspecified atom stereocenters. The number of aliphatic hydroxyl groups excluding tert-OH is 1. The van der Waals surface area contributed by atoms with Gasteiger partial charge in [-0.3, -0.25) is 0 Å². The smallest absolute Gasteiger partial charge is 0.213 e. The van der Waals surface area contributed by atoms with Crippen LogP contribution in [0, 0.1) is 6.92 Å². The third-order valence-electron chi connectivity index (χ3n) is 1.78. The van der Waals surface area contributed by atoms with Crippen LogP contribution in [-0.4, -0.2) is 22.8 Å². The third-order valence-corrected chi connectivity index (χ3v) is 2.62. The van der Waals surface area contributed by atoms with E-state index in [1.807, 2.05) is 13.0 Å². The molecule has 1 heterocycles. The molecular formula is C10H14BrNO2. The number of rotatable bonds is 4.